The third-order valence-electron chi connectivity index (χ3n) is 3.93. The second-order valence-electron chi connectivity index (χ2n) is 6.12. The van der Waals surface area contributed by atoms with Gasteiger partial charge in [0.25, 0.3) is 5.91 Å². The molecule has 1 N–H and O–H groups in total. The summed E-state index contributed by atoms with van der Waals surface area (Å²) in [6, 6.07) is 13.0. The number of hydrogen-bond acceptors (Lipinski definition) is 4. The molecule has 2 aromatic carbocycles. The third kappa shape index (κ3) is 7.31. The van der Waals surface area contributed by atoms with Gasteiger partial charge in [-0.15, -0.1) is 0 Å². The van der Waals surface area contributed by atoms with Crippen molar-refractivity contribution in [1.29, 1.82) is 0 Å². The lowest BCUT2D eigenvalue weighted by Crippen LogP contribution is -2.21. The lowest BCUT2D eigenvalue weighted by Gasteiger charge is -2.09. The number of rotatable bonds is 9. The number of halogens is 1. The monoisotopic (exact) mass is 389 g/mol. The smallest absolute Gasteiger partial charge is 0.306 e. The maximum absolute atomic E-state index is 11.8. The highest BCUT2D eigenvalue weighted by Crippen LogP contribution is 2.21. The summed E-state index contributed by atoms with van der Waals surface area (Å²) in [7, 11) is 0. The first kappa shape index (κ1) is 20.8. The van der Waals surface area contributed by atoms with Crippen LogP contribution in [0.3, 0.4) is 0 Å². The minimum atomic E-state index is -0.428. The molecular formula is C21H24ClNO4. The van der Waals surface area contributed by atoms with Gasteiger partial charge >= 0.3 is 5.97 Å². The van der Waals surface area contributed by atoms with E-state index in [4.69, 9.17) is 21.1 Å². The van der Waals surface area contributed by atoms with Crippen molar-refractivity contribution in [2.75, 3.05) is 18.5 Å². The van der Waals surface area contributed by atoms with Gasteiger partial charge in [0.05, 0.1) is 6.61 Å². The summed E-state index contributed by atoms with van der Waals surface area (Å²) in [5, 5.41) is 3.38. The van der Waals surface area contributed by atoms with Gasteiger partial charge in [-0.25, -0.2) is 0 Å². The number of benzene rings is 2. The largest absolute Gasteiger partial charge is 0.494 e. The van der Waals surface area contributed by atoms with Crippen LogP contribution in [0.4, 0.5) is 5.69 Å². The van der Waals surface area contributed by atoms with Crippen LogP contribution < -0.4 is 10.1 Å². The zero-order valence-corrected chi connectivity index (χ0v) is 16.3. The van der Waals surface area contributed by atoms with Crippen molar-refractivity contribution in [2.24, 2.45) is 0 Å². The van der Waals surface area contributed by atoms with Gasteiger partial charge in [0.2, 0.25) is 0 Å². The van der Waals surface area contributed by atoms with E-state index in [1.165, 1.54) is 5.56 Å². The number of carbonyl (C=O) groups is 2. The average Bonchev–Trinajstić information content (AvgIpc) is 2.67. The molecule has 2 aromatic rings. The van der Waals surface area contributed by atoms with Crippen LogP contribution in [0.15, 0.2) is 42.5 Å². The molecule has 2 rings (SSSR count). The van der Waals surface area contributed by atoms with Crippen LogP contribution in [0.1, 0.15) is 30.9 Å². The number of carbonyl (C=O) groups excluding carboxylic acids is 2. The molecule has 0 radical (unpaired) electrons. The highest BCUT2D eigenvalue weighted by molar-refractivity contribution is 6.31. The van der Waals surface area contributed by atoms with Gasteiger partial charge in [0.1, 0.15) is 5.75 Å². The SMILES string of the molecule is CCc1ccc(NC(=O)COC(=O)CCCOc2ccc(Cl)c(C)c2)cc1. The molecule has 27 heavy (non-hydrogen) atoms. The quantitative estimate of drug-likeness (QED) is 0.504. The molecule has 6 heteroatoms. The molecular weight excluding hydrogens is 366 g/mol. The highest BCUT2D eigenvalue weighted by Gasteiger charge is 2.08. The maximum Gasteiger partial charge on any atom is 0.306 e. The van der Waals surface area contributed by atoms with Crippen molar-refractivity contribution >= 4 is 29.2 Å². The fourth-order valence-corrected chi connectivity index (χ4v) is 2.47. The normalized spacial score (nSPS) is 10.3. The average molecular weight is 390 g/mol. The van der Waals surface area contributed by atoms with Gasteiger partial charge in [-0.2, -0.15) is 0 Å². The molecule has 0 bridgehead atoms. The minimum Gasteiger partial charge on any atom is -0.494 e. The van der Waals surface area contributed by atoms with Crippen molar-refractivity contribution in [3.8, 4) is 5.75 Å². The van der Waals surface area contributed by atoms with Crippen LogP contribution in [0.25, 0.3) is 0 Å². The van der Waals surface area contributed by atoms with Gasteiger partial charge in [-0.3, -0.25) is 9.59 Å². The molecule has 5 nitrogen and oxygen atoms in total. The zero-order valence-electron chi connectivity index (χ0n) is 15.6. The van der Waals surface area contributed by atoms with E-state index in [2.05, 4.69) is 12.2 Å². The molecule has 0 atom stereocenters. The van der Waals surface area contributed by atoms with E-state index in [-0.39, 0.29) is 18.9 Å². The van der Waals surface area contributed by atoms with Crippen molar-refractivity contribution in [3.05, 3.63) is 58.6 Å². The number of anilines is 1. The molecule has 0 heterocycles. The van der Waals surface area contributed by atoms with E-state index in [1.54, 1.807) is 12.1 Å². The van der Waals surface area contributed by atoms with Crippen molar-refractivity contribution in [2.45, 2.75) is 33.1 Å². The predicted molar refractivity (Wildman–Crippen MR) is 106 cm³/mol. The summed E-state index contributed by atoms with van der Waals surface area (Å²) in [6.07, 6.45) is 1.62. The fourth-order valence-electron chi connectivity index (χ4n) is 2.35. The number of esters is 1. The zero-order chi connectivity index (χ0) is 19.6. The molecule has 0 aliphatic carbocycles. The molecule has 144 valence electrons. The highest BCUT2D eigenvalue weighted by atomic mass is 35.5. The molecule has 0 unspecified atom stereocenters. The second-order valence-corrected chi connectivity index (χ2v) is 6.53. The maximum atomic E-state index is 11.8. The van der Waals surface area contributed by atoms with E-state index in [0.717, 1.165) is 12.0 Å². The van der Waals surface area contributed by atoms with Crippen LogP contribution in [0.2, 0.25) is 5.02 Å². The number of amides is 1. The van der Waals surface area contributed by atoms with Crippen molar-refractivity contribution in [3.63, 3.8) is 0 Å². The van der Waals surface area contributed by atoms with Gasteiger partial charge in [0, 0.05) is 17.1 Å². The summed E-state index contributed by atoms with van der Waals surface area (Å²) in [5.74, 6) is -0.0819. The number of aryl methyl sites for hydroxylation is 2. The Morgan fingerprint density at radius 2 is 1.85 bits per heavy atom. The molecule has 0 aliphatic rings. The Bertz CT molecular complexity index is 774. The summed E-state index contributed by atoms with van der Waals surface area (Å²) < 4.78 is 10.6. The van der Waals surface area contributed by atoms with Crippen LogP contribution >= 0.6 is 11.6 Å². The first-order valence-corrected chi connectivity index (χ1v) is 9.29. The van der Waals surface area contributed by atoms with Gasteiger partial charge < -0.3 is 14.8 Å². The predicted octanol–water partition coefficient (Wildman–Crippen LogP) is 4.55. The number of ether oxygens (including phenoxy) is 2. The van der Waals surface area contributed by atoms with E-state index < -0.39 is 5.97 Å². The van der Waals surface area contributed by atoms with E-state index in [9.17, 15) is 9.59 Å². The Morgan fingerprint density at radius 1 is 1.11 bits per heavy atom. The molecule has 0 saturated carbocycles. The molecule has 1 amide bonds. The van der Waals surface area contributed by atoms with Crippen molar-refractivity contribution in [1.82, 2.24) is 0 Å². The Labute approximate surface area is 164 Å². The first-order chi connectivity index (χ1) is 13.0. The van der Waals surface area contributed by atoms with Crippen LogP contribution in [0, 0.1) is 6.92 Å². The van der Waals surface area contributed by atoms with E-state index in [1.807, 2.05) is 37.3 Å². The van der Waals surface area contributed by atoms with Gasteiger partial charge in [-0.05, 0) is 61.2 Å². The van der Waals surface area contributed by atoms with E-state index in [0.29, 0.717) is 29.5 Å². The summed E-state index contributed by atoms with van der Waals surface area (Å²) in [5.41, 5.74) is 2.80. The molecule has 0 saturated heterocycles. The molecule has 0 aromatic heterocycles. The lowest BCUT2D eigenvalue weighted by atomic mass is 10.1. The van der Waals surface area contributed by atoms with Crippen LogP contribution in [-0.4, -0.2) is 25.1 Å². The van der Waals surface area contributed by atoms with Crippen LogP contribution in [-0.2, 0) is 20.7 Å². The minimum absolute atomic E-state index is 0.186. The van der Waals surface area contributed by atoms with Crippen LogP contribution in [0.5, 0.6) is 5.75 Å². The summed E-state index contributed by atoms with van der Waals surface area (Å²) in [6.45, 7) is 4.04. The topological polar surface area (TPSA) is 64.6 Å². The molecule has 0 aliphatic heterocycles. The van der Waals surface area contributed by atoms with Gasteiger partial charge in [-0.1, -0.05) is 30.7 Å². The Hall–Kier alpha value is -2.53. The number of nitrogens with one attached hydrogen (secondary N) is 1. The molecule has 0 spiro atoms. The molecule has 0 fully saturated rings. The lowest BCUT2D eigenvalue weighted by molar-refractivity contribution is -0.147. The Kier molecular flexibility index (Phi) is 8.14. The summed E-state index contributed by atoms with van der Waals surface area (Å²) >= 11 is 5.96. The first-order valence-electron chi connectivity index (χ1n) is 8.91. The fraction of sp³-hybridized carbons (Fsp3) is 0.333. The Balaban J connectivity index is 1.62. The van der Waals surface area contributed by atoms with E-state index >= 15 is 0 Å². The second kappa shape index (κ2) is 10.6. The third-order valence-corrected chi connectivity index (χ3v) is 4.36. The Morgan fingerprint density at radius 3 is 2.52 bits per heavy atom. The van der Waals surface area contributed by atoms with Crippen molar-refractivity contribution < 1.29 is 19.1 Å². The van der Waals surface area contributed by atoms with Gasteiger partial charge in [0.15, 0.2) is 6.61 Å². The summed E-state index contributed by atoms with van der Waals surface area (Å²) in [4.78, 5) is 23.5. The standard InChI is InChI=1S/C21H24ClNO4/c1-3-16-6-8-17(9-7-16)23-20(24)14-27-21(25)5-4-12-26-18-10-11-19(22)15(2)13-18/h6-11,13H,3-5,12,14H2,1-2H3,(H,23,24). The number of hydrogen-bond donors (Lipinski definition) is 1.